The Bertz CT molecular complexity index is 260. The van der Waals surface area contributed by atoms with Gasteiger partial charge in [0.1, 0.15) is 0 Å². The second kappa shape index (κ2) is 15.3. The van der Waals surface area contributed by atoms with Crippen molar-refractivity contribution < 1.29 is 10.0 Å². The van der Waals surface area contributed by atoms with Crippen LogP contribution in [0.5, 0.6) is 0 Å². The molecule has 0 spiro atoms. The highest BCUT2D eigenvalue weighted by Gasteiger charge is 1.98. The Morgan fingerprint density at radius 2 is 1.15 bits per heavy atom. The van der Waals surface area contributed by atoms with E-state index in [-0.39, 0.29) is 5.91 Å². The van der Waals surface area contributed by atoms with Crippen LogP contribution in [0, 0.1) is 0 Å². The maximum Gasteiger partial charge on any atom is 0.243 e. The minimum atomic E-state index is -0.274. The summed E-state index contributed by atoms with van der Waals surface area (Å²) < 4.78 is 0.835. The highest BCUT2D eigenvalue weighted by atomic mass is 32.1. The Morgan fingerprint density at radius 3 is 1.50 bits per heavy atom. The Labute approximate surface area is 134 Å². The first-order chi connectivity index (χ1) is 9.66. The quantitative estimate of drug-likeness (QED) is 0.141. The number of thiocarbonyl (C=S) groups is 1. The molecule has 0 unspecified atom stereocenters. The number of hydrogen-bond acceptors (Lipinski definition) is 3. The second-order valence-corrected chi connectivity index (χ2v) is 6.65. The summed E-state index contributed by atoms with van der Waals surface area (Å²) in [5.74, 6) is -0.274. The number of rotatable bonds is 14. The van der Waals surface area contributed by atoms with Gasteiger partial charge in [-0.05, 0) is 19.3 Å². The van der Waals surface area contributed by atoms with Crippen molar-refractivity contribution in [3.05, 3.63) is 0 Å². The topological polar surface area (TPSA) is 49.3 Å². The van der Waals surface area contributed by atoms with Crippen LogP contribution in [0.15, 0.2) is 0 Å². The number of nitrogens with one attached hydrogen (secondary N) is 1. The van der Waals surface area contributed by atoms with Crippen LogP contribution in [0.1, 0.15) is 83.5 Å². The number of hydroxylamine groups is 1. The molecule has 0 radical (unpaired) electrons. The third kappa shape index (κ3) is 15.9. The molecule has 0 fully saturated rings. The van der Waals surface area contributed by atoms with E-state index in [0.717, 1.165) is 23.5 Å². The maximum absolute atomic E-state index is 10.8. The average Bonchev–Trinajstić information content (AvgIpc) is 2.43. The summed E-state index contributed by atoms with van der Waals surface area (Å²) in [6, 6.07) is 0. The van der Waals surface area contributed by atoms with Gasteiger partial charge >= 0.3 is 0 Å². The lowest BCUT2D eigenvalue weighted by Gasteiger charge is -2.03. The molecule has 0 aromatic rings. The van der Waals surface area contributed by atoms with Crippen LogP contribution in [0.3, 0.4) is 0 Å². The van der Waals surface area contributed by atoms with Gasteiger partial charge in [-0.25, -0.2) is 5.48 Å². The van der Waals surface area contributed by atoms with Crippen molar-refractivity contribution in [3.63, 3.8) is 0 Å². The molecular weight excluding hydrogens is 290 g/mol. The molecule has 0 aromatic carbocycles. The zero-order valence-electron chi connectivity index (χ0n) is 12.4. The number of thiol groups is 1. The molecule has 0 atom stereocenters. The minimum Gasteiger partial charge on any atom is -0.289 e. The second-order valence-electron chi connectivity index (χ2n) is 5.32. The summed E-state index contributed by atoms with van der Waals surface area (Å²) >= 11 is 9.04. The van der Waals surface area contributed by atoms with Crippen molar-refractivity contribution in [3.8, 4) is 0 Å². The predicted octanol–water partition coefficient (Wildman–Crippen LogP) is 4.82. The van der Waals surface area contributed by atoms with Crippen molar-refractivity contribution >= 4 is 35.0 Å². The van der Waals surface area contributed by atoms with Crippen molar-refractivity contribution in [2.24, 2.45) is 0 Å². The van der Waals surface area contributed by atoms with E-state index in [0.29, 0.717) is 6.42 Å². The third-order valence-electron chi connectivity index (χ3n) is 3.42. The van der Waals surface area contributed by atoms with Crippen molar-refractivity contribution in [1.82, 2.24) is 5.48 Å². The smallest absolute Gasteiger partial charge is 0.243 e. The van der Waals surface area contributed by atoms with Crippen molar-refractivity contribution in [1.29, 1.82) is 0 Å². The molecule has 5 heteroatoms. The van der Waals surface area contributed by atoms with Gasteiger partial charge in [0.2, 0.25) is 5.91 Å². The summed E-state index contributed by atoms with van der Waals surface area (Å²) in [5.41, 5.74) is 1.66. The Hall–Kier alpha value is -0.130. The standard InChI is InChI=1S/C15H29NO2S2/c17-14(16-18)12-10-8-6-4-2-1-3-5-7-9-11-13-15(19)20/h18H,1-13H2,(H,16,17)(H,19,20). The summed E-state index contributed by atoms with van der Waals surface area (Å²) in [7, 11) is 0. The lowest BCUT2D eigenvalue weighted by molar-refractivity contribution is -0.129. The molecule has 0 saturated heterocycles. The van der Waals surface area contributed by atoms with Gasteiger partial charge in [-0.3, -0.25) is 10.0 Å². The Kier molecular flexibility index (Phi) is 15.2. The first-order valence-corrected chi connectivity index (χ1v) is 8.67. The maximum atomic E-state index is 10.8. The van der Waals surface area contributed by atoms with E-state index >= 15 is 0 Å². The first kappa shape index (κ1) is 19.9. The Balaban J connectivity index is 3.03. The molecule has 0 aliphatic heterocycles. The number of hydrogen-bond donors (Lipinski definition) is 3. The molecule has 0 saturated carbocycles. The summed E-state index contributed by atoms with van der Waals surface area (Å²) in [5, 5.41) is 8.33. The molecule has 20 heavy (non-hydrogen) atoms. The lowest BCUT2D eigenvalue weighted by atomic mass is 10.0. The molecule has 0 rings (SSSR count). The lowest BCUT2D eigenvalue weighted by Crippen LogP contribution is -2.17. The van der Waals surface area contributed by atoms with Gasteiger partial charge in [0.15, 0.2) is 0 Å². The van der Waals surface area contributed by atoms with Crippen LogP contribution in [0.25, 0.3) is 0 Å². The van der Waals surface area contributed by atoms with Gasteiger partial charge in [-0.1, -0.05) is 70.0 Å². The zero-order valence-corrected chi connectivity index (χ0v) is 14.1. The number of carbonyl (C=O) groups is 1. The highest BCUT2D eigenvalue weighted by molar-refractivity contribution is 8.11. The fraction of sp³-hybridized carbons (Fsp3) is 0.867. The number of amides is 1. The molecule has 0 aromatic heterocycles. The van der Waals surface area contributed by atoms with E-state index < -0.39 is 0 Å². The van der Waals surface area contributed by atoms with E-state index in [4.69, 9.17) is 17.4 Å². The zero-order chi connectivity index (χ0) is 15.1. The van der Waals surface area contributed by atoms with Gasteiger partial charge < -0.3 is 0 Å². The van der Waals surface area contributed by atoms with Crippen molar-refractivity contribution in [2.45, 2.75) is 83.5 Å². The van der Waals surface area contributed by atoms with Crippen LogP contribution in [0.2, 0.25) is 0 Å². The third-order valence-corrected chi connectivity index (χ3v) is 3.85. The van der Waals surface area contributed by atoms with E-state index in [2.05, 4.69) is 12.6 Å². The monoisotopic (exact) mass is 319 g/mol. The molecule has 2 N–H and O–H groups in total. The van der Waals surface area contributed by atoms with E-state index in [9.17, 15) is 4.79 Å². The van der Waals surface area contributed by atoms with E-state index in [1.807, 2.05) is 0 Å². The van der Waals surface area contributed by atoms with Gasteiger partial charge in [0, 0.05) is 10.6 Å². The van der Waals surface area contributed by atoms with Crippen LogP contribution in [-0.4, -0.2) is 15.3 Å². The highest BCUT2D eigenvalue weighted by Crippen LogP contribution is 2.12. The molecular formula is C15H29NO2S2. The number of unbranched alkanes of at least 4 members (excludes halogenated alkanes) is 10. The molecule has 1 amide bonds. The summed E-state index contributed by atoms with van der Waals surface area (Å²) in [6.07, 6.45) is 14.9. The normalized spacial score (nSPS) is 10.5. The van der Waals surface area contributed by atoms with Crippen LogP contribution < -0.4 is 5.48 Å². The van der Waals surface area contributed by atoms with E-state index in [1.54, 1.807) is 5.48 Å². The molecule has 0 heterocycles. The average molecular weight is 320 g/mol. The largest absolute Gasteiger partial charge is 0.289 e. The SMILES string of the molecule is O=C(CCCCCCCCCCCCCC(=S)S)NO. The fourth-order valence-corrected chi connectivity index (χ4v) is 2.51. The van der Waals surface area contributed by atoms with Crippen molar-refractivity contribution in [2.75, 3.05) is 0 Å². The molecule has 3 nitrogen and oxygen atoms in total. The number of carbonyl (C=O) groups excluding carboxylic acids is 1. The van der Waals surface area contributed by atoms with Gasteiger partial charge in [0.25, 0.3) is 0 Å². The molecule has 0 aliphatic rings. The Morgan fingerprint density at radius 1 is 0.800 bits per heavy atom. The van der Waals surface area contributed by atoms with Gasteiger partial charge in [-0.2, -0.15) is 0 Å². The summed E-state index contributed by atoms with van der Waals surface area (Å²) in [6.45, 7) is 0. The van der Waals surface area contributed by atoms with Crippen LogP contribution in [-0.2, 0) is 4.79 Å². The van der Waals surface area contributed by atoms with Crippen LogP contribution in [0.4, 0.5) is 0 Å². The van der Waals surface area contributed by atoms with Crippen LogP contribution >= 0.6 is 24.8 Å². The molecule has 0 bridgehead atoms. The van der Waals surface area contributed by atoms with E-state index in [1.165, 1.54) is 57.8 Å². The van der Waals surface area contributed by atoms with Gasteiger partial charge in [-0.15, -0.1) is 12.6 Å². The summed E-state index contributed by atoms with van der Waals surface area (Å²) in [4.78, 5) is 10.8. The molecule has 118 valence electrons. The molecule has 0 aliphatic carbocycles. The fourth-order valence-electron chi connectivity index (χ4n) is 2.21. The van der Waals surface area contributed by atoms with Gasteiger partial charge in [0.05, 0.1) is 0 Å². The first-order valence-electron chi connectivity index (χ1n) is 7.81. The minimum absolute atomic E-state index is 0.274. The predicted molar refractivity (Wildman–Crippen MR) is 91.5 cm³/mol.